The number of benzene rings is 2. The van der Waals surface area contributed by atoms with Gasteiger partial charge in [0.2, 0.25) is 6.79 Å². The van der Waals surface area contributed by atoms with Gasteiger partial charge in [-0.05, 0) is 80.6 Å². The lowest BCUT2D eigenvalue weighted by Gasteiger charge is -2.30. The molecule has 2 heterocycles. The van der Waals surface area contributed by atoms with Crippen molar-refractivity contribution in [2.45, 2.75) is 44.2 Å². The van der Waals surface area contributed by atoms with E-state index in [9.17, 15) is 0 Å². The highest BCUT2D eigenvalue weighted by atomic mass is 35.5. The van der Waals surface area contributed by atoms with E-state index in [2.05, 4.69) is 39.9 Å². The van der Waals surface area contributed by atoms with Crippen molar-refractivity contribution in [3.63, 3.8) is 0 Å². The normalized spacial score (nSPS) is 19.2. The molecule has 1 aromatic heterocycles. The quantitative estimate of drug-likeness (QED) is 0.437. The van der Waals surface area contributed by atoms with Gasteiger partial charge in [-0.1, -0.05) is 17.7 Å². The van der Waals surface area contributed by atoms with E-state index in [1.807, 2.05) is 24.4 Å². The fraction of sp³-hybridized carbons (Fsp3) is 0.375. The summed E-state index contributed by atoms with van der Waals surface area (Å²) in [6.07, 6.45) is 7.56. The molecule has 172 valence electrons. The van der Waals surface area contributed by atoms with Gasteiger partial charge in [0, 0.05) is 34.4 Å². The molecule has 2 N–H and O–H groups in total. The summed E-state index contributed by atoms with van der Waals surface area (Å²) in [4.78, 5) is 4.44. The molecule has 32 heavy (non-hydrogen) atoms. The van der Waals surface area contributed by atoms with Gasteiger partial charge in [0.1, 0.15) is 0 Å². The molecule has 5 rings (SSSR count). The molecule has 1 fully saturated rings. The Morgan fingerprint density at radius 1 is 0.906 bits per heavy atom. The maximum atomic E-state index is 6.11. The summed E-state index contributed by atoms with van der Waals surface area (Å²) in [6.45, 7) is 1.31. The maximum absolute atomic E-state index is 6.11. The number of nitrogens with one attached hydrogen (secondary N) is 2. The van der Waals surface area contributed by atoms with Gasteiger partial charge >= 0.3 is 0 Å². The monoisotopic (exact) mass is 495 g/mol. The maximum Gasteiger partial charge on any atom is 0.231 e. The molecule has 0 amide bonds. The number of pyridine rings is 1. The van der Waals surface area contributed by atoms with Crippen molar-refractivity contribution in [2.75, 3.05) is 18.7 Å². The summed E-state index contributed by atoms with van der Waals surface area (Å²) in [5.41, 5.74) is 3.37. The van der Waals surface area contributed by atoms with Gasteiger partial charge in [0.05, 0.1) is 5.52 Å². The van der Waals surface area contributed by atoms with Crippen LogP contribution in [0.25, 0.3) is 10.9 Å². The number of hydrogen-bond acceptors (Lipinski definition) is 5. The van der Waals surface area contributed by atoms with Crippen molar-refractivity contribution in [1.29, 1.82) is 0 Å². The Hall–Kier alpha value is -1.92. The van der Waals surface area contributed by atoms with E-state index in [0.29, 0.717) is 18.9 Å². The van der Waals surface area contributed by atoms with Crippen LogP contribution in [0.15, 0.2) is 48.7 Å². The molecule has 1 aliphatic carbocycles. The first-order valence-electron chi connectivity index (χ1n) is 10.7. The zero-order chi connectivity index (χ0) is 20.3. The third kappa shape index (κ3) is 5.70. The van der Waals surface area contributed by atoms with E-state index in [1.165, 1.54) is 31.2 Å². The second-order valence-corrected chi connectivity index (χ2v) is 8.54. The summed E-state index contributed by atoms with van der Waals surface area (Å²) in [5.74, 6) is 1.72. The van der Waals surface area contributed by atoms with Crippen LogP contribution in [0.2, 0.25) is 5.02 Å². The van der Waals surface area contributed by atoms with Gasteiger partial charge in [-0.25, -0.2) is 0 Å². The number of aromatic nitrogens is 1. The lowest BCUT2D eigenvalue weighted by molar-refractivity contribution is 0.174. The van der Waals surface area contributed by atoms with Crippen LogP contribution in [0.4, 0.5) is 5.69 Å². The van der Waals surface area contributed by atoms with Crippen LogP contribution in [-0.4, -0.2) is 30.4 Å². The highest BCUT2D eigenvalue weighted by Gasteiger charge is 2.21. The first-order chi connectivity index (χ1) is 14.7. The molecule has 0 spiro atoms. The predicted molar refractivity (Wildman–Crippen MR) is 135 cm³/mol. The van der Waals surface area contributed by atoms with Crippen LogP contribution < -0.4 is 20.1 Å². The molecule has 1 saturated carbocycles. The van der Waals surface area contributed by atoms with E-state index < -0.39 is 0 Å². The minimum absolute atomic E-state index is 0. The number of ether oxygens (including phenoxy) is 2. The molecule has 3 aromatic rings. The third-order valence-corrected chi connectivity index (χ3v) is 6.31. The molecule has 0 bridgehead atoms. The number of nitrogens with zero attached hydrogens (tertiary/aromatic N) is 1. The Balaban J connectivity index is 0.00000144. The van der Waals surface area contributed by atoms with E-state index in [1.54, 1.807) is 0 Å². The Kier molecular flexibility index (Phi) is 8.72. The number of fused-ring (bicyclic) bond motifs is 2. The molecular formula is C24H28Cl3N3O2. The average Bonchev–Trinajstić information content (AvgIpc) is 3.23. The average molecular weight is 497 g/mol. The van der Waals surface area contributed by atoms with Gasteiger partial charge < -0.3 is 20.1 Å². The molecule has 8 heteroatoms. The van der Waals surface area contributed by atoms with Crippen molar-refractivity contribution < 1.29 is 9.47 Å². The molecule has 0 atom stereocenters. The molecule has 0 unspecified atom stereocenters. The van der Waals surface area contributed by atoms with Crippen LogP contribution in [0.3, 0.4) is 0 Å². The van der Waals surface area contributed by atoms with E-state index in [4.69, 9.17) is 21.1 Å². The standard InChI is InChI=1S/C24H26ClN3O2.2ClH/c25-17-2-7-20-21(10-12-27-22(20)14-17)28-19-5-3-18(4-6-19)26-11-9-16-1-8-23-24(13-16)30-15-29-23;;/h1-2,7-8,10,12-14,18-19,26H,3-6,9,11,15H2,(H,27,28);2*1H/t18-,19-;;. The molecule has 0 radical (unpaired) electrons. The van der Waals surface area contributed by atoms with Crippen LogP contribution in [-0.2, 0) is 6.42 Å². The molecule has 2 aromatic carbocycles. The second-order valence-electron chi connectivity index (χ2n) is 8.10. The van der Waals surface area contributed by atoms with E-state index in [0.717, 1.165) is 46.1 Å². The molecule has 2 aliphatic rings. The van der Waals surface area contributed by atoms with E-state index in [-0.39, 0.29) is 24.8 Å². The Morgan fingerprint density at radius 3 is 2.53 bits per heavy atom. The SMILES string of the molecule is Cl.Cl.Clc1ccc2c(N[C@H]3CC[C@H](NCCc4ccc5c(c4)OCO5)CC3)ccnc2c1. The molecule has 5 nitrogen and oxygen atoms in total. The highest BCUT2D eigenvalue weighted by molar-refractivity contribution is 6.31. The Morgan fingerprint density at radius 2 is 1.69 bits per heavy atom. The largest absolute Gasteiger partial charge is 0.454 e. The Labute approximate surface area is 206 Å². The first-order valence-corrected chi connectivity index (χ1v) is 11.0. The smallest absolute Gasteiger partial charge is 0.231 e. The molecule has 1 aliphatic heterocycles. The lowest BCUT2D eigenvalue weighted by atomic mass is 9.90. The van der Waals surface area contributed by atoms with Gasteiger partial charge in [0.15, 0.2) is 11.5 Å². The minimum Gasteiger partial charge on any atom is -0.454 e. The summed E-state index contributed by atoms with van der Waals surface area (Å²) in [5, 5.41) is 9.32. The van der Waals surface area contributed by atoms with Crippen molar-refractivity contribution in [1.82, 2.24) is 10.3 Å². The zero-order valence-corrected chi connectivity index (χ0v) is 20.1. The summed E-state index contributed by atoms with van der Waals surface area (Å²) in [7, 11) is 0. The number of anilines is 1. The number of rotatable bonds is 6. The zero-order valence-electron chi connectivity index (χ0n) is 17.7. The van der Waals surface area contributed by atoms with Gasteiger partial charge in [0.25, 0.3) is 0 Å². The first kappa shape index (κ1) is 24.7. The van der Waals surface area contributed by atoms with Crippen molar-refractivity contribution in [2.24, 2.45) is 0 Å². The van der Waals surface area contributed by atoms with Gasteiger partial charge in [-0.2, -0.15) is 0 Å². The van der Waals surface area contributed by atoms with Gasteiger partial charge in [-0.15, -0.1) is 24.8 Å². The number of hydrogen-bond donors (Lipinski definition) is 2. The van der Waals surface area contributed by atoms with Crippen molar-refractivity contribution in [3.05, 3.63) is 59.2 Å². The highest BCUT2D eigenvalue weighted by Crippen LogP contribution is 2.32. The summed E-state index contributed by atoms with van der Waals surface area (Å²) in [6, 6.07) is 15.3. The van der Waals surface area contributed by atoms with Crippen LogP contribution >= 0.6 is 36.4 Å². The van der Waals surface area contributed by atoms with Crippen molar-refractivity contribution in [3.8, 4) is 11.5 Å². The van der Waals surface area contributed by atoms with Crippen LogP contribution in [0, 0.1) is 0 Å². The molecular weight excluding hydrogens is 469 g/mol. The molecule has 0 saturated heterocycles. The Bertz CT molecular complexity index is 1040. The summed E-state index contributed by atoms with van der Waals surface area (Å²) < 4.78 is 10.8. The summed E-state index contributed by atoms with van der Waals surface area (Å²) >= 11 is 6.11. The van der Waals surface area contributed by atoms with Crippen molar-refractivity contribution >= 4 is 53.0 Å². The van der Waals surface area contributed by atoms with Crippen LogP contribution in [0.5, 0.6) is 11.5 Å². The second kappa shape index (κ2) is 11.3. The van der Waals surface area contributed by atoms with E-state index >= 15 is 0 Å². The fourth-order valence-corrected chi connectivity index (χ4v) is 4.59. The predicted octanol–water partition coefficient (Wildman–Crippen LogP) is 6.02. The topological polar surface area (TPSA) is 55.4 Å². The minimum atomic E-state index is 0. The third-order valence-electron chi connectivity index (χ3n) is 6.08. The lowest BCUT2D eigenvalue weighted by Crippen LogP contribution is -2.37. The van der Waals surface area contributed by atoms with Gasteiger partial charge in [-0.3, -0.25) is 4.98 Å². The number of halogens is 3. The fourth-order valence-electron chi connectivity index (χ4n) is 4.43. The van der Waals surface area contributed by atoms with Crippen LogP contribution in [0.1, 0.15) is 31.2 Å².